The van der Waals surface area contributed by atoms with Crippen LogP contribution in [0, 0.1) is 5.41 Å². The van der Waals surface area contributed by atoms with Crippen molar-refractivity contribution in [1.82, 2.24) is 9.97 Å². The third kappa shape index (κ3) is 3.03. The standard InChI is InChI=1S/C12H20N4S/c1-12(2)4-6-16(7-5-12)10-8-9(13)14-11(15-10)17-3/h8H,4-7H2,1-3H3,(H2,13,14,15). The lowest BCUT2D eigenvalue weighted by atomic mass is 9.83. The lowest BCUT2D eigenvalue weighted by Gasteiger charge is -2.37. The van der Waals surface area contributed by atoms with Gasteiger partial charge in [-0.2, -0.15) is 0 Å². The first-order valence-corrected chi connectivity index (χ1v) is 7.16. The fourth-order valence-corrected chi connectivity index (χ4v) is 2.41. The van der Waals surface area contributed by atoms with Crippen LogP contribution in [0.15, 0.2) is 11.2 Å². The first-order chi connectivity index (χ1) is 8.00. The van der Waals surface area contributed by atoms with Crippen LogP contribution in [0.5, 0.6) is 0 Å². The van der Waals surface area contributed by atoms with E-state index in [9.17, 15) is 0 Å². The minimum atomic E-state index is 0.456. The summed E-state index contributed by atoms with van der Waals surface area (Å²) < 4.78 is 0. The predicted octanol–water partition coefficient (Wildman–Crippen LogP) is 2.41. The second-order valence-electron chi connectivity index (χ2n) is 5.29. The molecule has 94 valence electrons. The smallest absolute Gasteiger partial charge is 0.191 e. The van der Waals surface area contributed by atoms with Crippen molar-refractivity contribution in [3.05, 3.63) is 6.07 Å². The molecule has 0 spiro atoms. The molecule has 5 heteroatoms. The topological polar surface area (TPSA) is 55.0 Å². The van der Waals surface area contributed by atoms with Gasteiger partial charge in [0.05, 0.1) is 0 Å². The highest BCUT2D eigenvalue weighted by Gasteiger charge is 2.26. The number of nitrogen functional groups attached to an aromatic ring is 1. The Kier molecular flexibility index (Phi) is 3.47. The van der Waals surface area contributed by atoms with Crippen molar-refractivity contribution in [2.24, 2.45) is 5.41 Å². The first-order valence-electron chi connectivity index (χ1n) is 5.94. The summed E-state index contributed by atoms with van der Waals surface area (Å²) in [6, 6.07) is 1.87. The highest BCUT2D eigenvalue weighted by molar-refractivity contribution is 7.98. The second kappa shape index (κ2) is 4.72. The van der Waals surface area contributed by atoms with E-state index in [2.05, 4.69) is 28.7 Å². The van der Waals surface area contributed by atoms with Gasteiger partial charge in [0.2, 0.25) is 0 Å². The zero-order valence-corrected chi connectivity index (χ0v) is 11.5. The number of anilines is 2. The molecular weight excluding hydrogens is 232 g/mol. The van der Waals surface area contributed by atoms with Crippen LogP contribution in [0.25, 0.3) is 0 Å². The maximum atomic E-state index is 5.80. The molecule has 1 aliphatic rings. The van der Waals surface area contributed by atoms with Crippen molar-refractivity contribution in [1.29, 1.82) is 0 Å². The number of aromatic nitrogens is 2. The van der Waals surface area contributed by atoms with Gasteiger partial charge in [-0.1, -0.05) is 25.6 Å². The van der Waals surface area contributed by atoms with Gasteiger partial charge in [0, 0.05) is 19.2 Å². The Balaban J connectivity index is 2.15. The fourth-order valence-electron chi connectivity index (χ4n) is 2.02. The molecule has 17 heavy (non-hydrogen) atoms. The fraction of sp³-hybridized carbons (Fsp3) is 0.667. The highest BCUT2D eigenvalue weighted by atomic mass is 32.2. The van der Waals surface area contributed by atoms with Crippen molar-refractivity contribution in [2.45, 2.75) is 31.8 Å². The molecular formula is C12H20N4S. The average Bonchev–Trinajstić information content (AvgIpc) is 2.28. The molecule has 1 aromatic rings. The second-order valence-corrected chi connectivity index (χ2v) is 6.06. The third-order valence-corrected chi connectivity index (χ3v) is 3.88. The van der Waals surface area contributed by atoms with Gasteiger partial charge in [-0.15, -0.1) is 0 Å². The number of hydrogen-bond acceptors (Lipinski definition) is 5. The van der Waals surface area contributed by atoms with Crippen molar-refractivity contribution in [3.63, 3.8) is 0 Å². The van der Waals surface area contributed by atoms with E-state index in [0.29, 0.717) is 11.2 Å². The minimum Gasteiger partial charge on any atom is -0.383 e. The van der Waals surface area contributed by atoms with E-state index in [1.165, 1.54) is 24.6 Å². The summed E-state index contributed by atoms with van der Waals surface area (Å²) in [5.41, 5.74) is 6.26. The van der Waals surface area contributed by atoms with Crippen LogP contribution in [0.2, 0.25) is 0 Å². The summed E-state index contributed by atoms with van der Waals surface area (Å²) >= 11 is 1.53. The molecule has 0 aliphatic carbocycles. The van der Waals surface area contributed by atoms with E-state index in [1.807, 2.05) is 12.3 Å². The van der Waals surface area contributed by atoms with E-state index in [0.717, 1.165) is 24.1 Å². The monoisotopic (exact) mass is 252 g/mol. The number of hydrogen-bond donors (Lipinski definition) is 1. The van der Waals surface area contributed by atoms with Gasteiger partial charge in [-0.05, 0) is 24.5 Å². The lowest BCUT2D eigenvalue weighted by Crippen LogP contribution is -2.37. The predicted molar refractivity (Wildman–Crippen MR) is 73.5 cm³/mol. The lowest BCUT2D eigenvalue weighted by molar-refractivity contribution is 0.279. The van der Waals surface area contributed by atoms with Gasteiger partial charge >= 0.3 is 0 Å². The molecule has 2 rings (SSSR count). The Morgan fingerprint density at radius 3 is 2.53 bits per heavy atom. The maximum absolute atomic E-state index is 5.80. The largest absolute Gasteiger partial charge is 0.383 e. The molecule has 1 saturated heterocycles. The molecule has 0 saturated carbocycles. The molecule has 1 aliphatic heterocycles. The molecule has 0 unspecified atom stereocenters. The number of nitrogens with zero attached hydrogens (tertiary/aromatic N) is 3. The number of rotatable bonds is 2. The number of thioether (sulfide) groups is 1. The molecule has 0 atom stereocenters. The van der Waals surface area contributed by atoms with Gasteiger partial charge in [-0.3, -0.25) is 0 Å². The zero-order valence-electron chi connectivity index (χ0n) is 10.7. The van der Waals surface area contributed by atoms with Crippen LogP contribution in [0.1, 0.15) is 26.7 Å². The minimum absolute atomic E-state index is 0.456. The summed E-state index contributed by atoms with van der Waals surface area (Å²) in [5.74, 6) is 1.53. The van der Waals surface area contributed by atoms with Crippen molar-refractivity contribution < 1.29 is 0 Å². The molecule has 1 aromatic heterocycles. The van der Waals surface area contributed by atoms with Crippen LogP contribution < -0.4 is 10.6 Å². The van der Waals surface area contributed by atoms with Gasteiger partial charge in [0.1, 0.15) is 11.6 Å². The van der Waals surface area contributed by atoms with E-state index in [4.69, 9.17) is 5.73 Å². The van der Waals surface area contributed by atoms with Crippen LogP contribution in [-0.2, 0) is 0 Å². The maximum Gasteiger partial charge on any atom is 0.191 e. The van der Waals surface area contributed by atoms with E-state index < -0.39 is 0 Å². The Morgan fingerprint density at radius 1 is 1.29 bits per heavy atom. The number of nitrogens with two attached hydrogens (primary N) is 1. The van der Waals surface area contributed by atoms with Gasteiger partial charge in [-0.25, -0.2) is 9.97 Å². The summed E-state index contributed by atoms with van der Waals surface area (Å²) in [5, 5.41) is 0.754. The van der Waals surface area contributed by atoms with Gasteiger partial charge in [0.25, 0.3) is 0 Å². The third-order valence-electron chi connectivity index (χ3n) is 3.34. The molecule has 0 aromatic carbocycles. The van der Waals surface area contributed by atoms with Crippen LogP contribution in [-0.4, -0.2) is 29.3 Å². The SMILES string of the molecule is CSc1nc(N)cc(N2CCC(C)(C)CC2)n1. The Labute approximate surface area is 107 Å². The van der Waals surface area contributed by atoms with E-state index >= 15 is 0 Å². The van der Waals surface area contributed by atoms with Gasteiger partial charge in [0.15, 0.2) is 5.16 Å². The molecule has 0 amide bonds. The van der Waals surface area contributed by atoms with Crippen molar-refractivity contribution >= 4 is 23.4 Å². The zero-order chi connectivity index (χ0) is 12.5. The highest BCUT2D eigenvalue weighted by Crippen LogP contribution is 2.32. The van der Waals surface area contributed by atoms with Crippen LogP contribution >= 0.6 is 11.8 Å². The average molecular weight is 252 g/mol. The van der Waals surface area contributed by atoms with Crippen molar-refractivity contribution in [2.75, 3.05) is 30.0 Å². The van der Waals surface area contributed by atoms with Crippen LogP contribution in [0.3, 0.4) is 0 Å². The number of piperidine rings is 1. The summed E-state index contributed by atoms with van der Waals surface area (Å²) in [7, 11) is 0. The quantitative estimate of drug-likeness (QED) is 0.647. The molecule has 2 heterocycles. The van der Waals surface area contributed by atoms with E-state index in [1.54, 1.807) is 0 Å². The Bertz CT molecular complexity index is 395. The van der Waals surface area contributed by atoms with Crippen molar-refractivity contribution in [3.8, 4) is 0 Å². The van der Waals surface area contributed by atoms with E-state index in [-0.39, 0.29) is 0 Å². The first kappa shape index (κ1) is 12.5. The summed E-state index contributed by atoms with van der Waals surface area (Å²) in [6.45, 7) is 6.76. The Morgan fingerprint density at radius 2 is 1.94 bits per heavy atom. The Hall–Kier alpha value is -0.970. The van der Waals surface area contributed by atoms with Gasteiger partial charge < -0.3 is 10.6 Å². The molecule has 0 radical (unpaired) electrons. The molecule has 2 N–H and O–H groups in total. The summed E-state index contributed by atoms with van der Waals surface area (Å²) in [6.07, 6.45) is 4.37. The summed E-state index contributed by atoms with van der Waals surface area (Å²) in [4.78, 5) is 11.0. The normalized spacial score (nSPS) is 19.4. The molecule has 1 fully saturated rings. The molecule has 0 bridgehead atoms. The molecule has 4 nitrogen and oxygen atoms in total. The van der Waals surface area contributed by atoms with Crippen LogP contribution in [0.4, 0.5) is 11.6 Å².